The molecule has 3 nitrogen and oxygen atoms in total. The lowest BCUT2D eigenvalue weighted by atomic mass is 10.2. The summed E-state index contributed by atoms with van der Waals surface area (Å²) in [6.07, 6.45) is 2.31. The lowest BCUT2D eigenvalue weighted by molar-refractivity contribution is -0.121. The first-order valence-corrected chi connectivity index (χ1v) is 8.26. The number of benzene rings is 1. The molecule has 0 spiro atoms. The van der Waals surface area contributed by atoms with E-state index in [9.17, 15) is 4.79 Å². The van der Waals surface area contributed by atoms with Crippen molar-refractivity contribution in [3.63, 3.8) is 0 Å². The summed E-state index contributed by atoms with van der Waals surface area (Å²) in [7, 11) is 0. The van der Waals surface area contributed by atoms with Crippen molar-refractivity contribution in [2.24, 2.45) is 5.73 Å². The van der Waals surface area contributed by atoms with Crippen LogP contribution in [0.2, 0.25) is 0 Å². The largest absolute Gasteiger partial charge is 0.356 e. The summed E-state index contributed by atoms with van der Waals surface area (Å²) < 4.78 is 1.09. The van der Waals surface area contributed by atoms with Crippen LogP contribution >= 0.6 is 40.1 Å². The highest BCUT2D eigenvalue weighted by Crippen LogP contribution is 2.21. The lowest BCUT2D eigenvalue weighted by Crippen LogP contribution is -2.28. The summed E-state index contributed by atoms with van der Waals surface area (Å²) in [6.45, 7) is 2.62. The maximum atomic E-state index is 11.5. The summed E-state index contributed by atoms with van der Waals surface area (Å²) in [5.74, 6) is 1.08. The van der Waals surface area contributed by atoms with Gasteiger partial charge >= 0.3 is 0 Å². The molecule has 0 fully saturated rings. The predicted molar refractivity (Wildman–Crippen MR) is 92.6 cm³/mol. The van der Waals surface area contributed by atoms with Crippen molar-refractivity contribution in [1.82, 2.24) is 5.32 Å². The lowest BCUT2D eigenvalue weighted by Gasteiger charge is -2.07. The minimum absolute atomic E-state index is 0. The van der Waals surface area contributed by atoms with Crippen molar-refractivity contribution in [2.75, 3.05) is 12.3 Å². The molecule has 0 saturated heterocycles. The van der Waals surface area contributed by atoms with E-state index in [2.05, 4.69) is 33.4 Å². The highest BCUT2D eigenvalue weighted by atomic mass is 79.9. The molecule has 0 aliphatic carbocycles. The zero-order valence-electron chi connectivity index (χ0n) is 11.6. The highest BCUT2D eigenvalue weighted by Gasteiger charge is 2.02. The van der Waals surface area contributed by atoms with Crippen LogP contribution in [0.15, 0.2) is 33.6 Å². The Balaban J connectivity index is 0.00000361. The zero-order valence-corrected chi connectivity index (χ0v) is 14.8. The molecule has 0 radical (unpaired) electrons. The Morgan fingerprint density at radius 2 is 2.05 bits per heavy atom. The van der Waals surface area contributed by atoms with Crippen LogP contribution in [-0.4, -0.2) is 24.2 Å². The molecule has 0 aromatic heterocycles. The Kier molecular flexibility index (Phi) is 11.3. The van der Waals surface area contributed by atoms with E-state index in [0.717, 1.165) is 23.1 Å². The average molecular weight is 382 g/mol. The van der Waals surface area contributed by atoms with Crippen LogP contribution in [0.25, 0.3) is 0 Å². The van der Waals surface area contributed by atoms with Gasteiger partial charge in [0.1, 0.15) is 0 Å². The van der Waals surface area contributed by atoms with Crippen LogP contribution in [0.4, 0.5) is 0 Å². The van der Waals surface area contributed by atoms with Gasteiger partial charge in [-0.1, -0.05) is 15.9 Å². The molecule has 114 valence electrons. The van der Waals surface area contributed by atoms with E-state index >= 15 is 0 Å². The van der Waals surface area contributed by atoms with E-state index in [1.165, 1.54) is 4.90 Å². The van der Waals surface area contributed by atoms with Gasteiger partial charge in [-0.25, -0.2) is 0 Å². The van der Waals surface area contributed by atoms with E-state index < -0.39 is 0 Å². The third kappa shape index (κ3) is 9.64. The highest BCUT2D eigenvalue weighted by molar-refractivity contribution is 9.10. The number of carbonyl (C=O) groups excluding carboxylic acids is 1. The van der Waals surface area contributed by atoms with Gasteiger partial charge in [-0.05, 0) is 49.8 Å². The van der Waals surface area contributed by atoms with Gasteiger partial charge in [-0.15, -0.1) is 24.2 Å². The van der Waals surface area contributed by atoms with Gasteiger partial charge in [0.05, 0.1) is 0 Å². The molecular weight excluding hydrogens is 360 g/mol. The molecule has 1 amide bonds. The molecular formula is C14H22BrClN2OS. The number of rotatable bonds is 8. The first-order chi connectivity index (χ1) is 9.08. The maximum absolute atomic E-state index is 11.5. The van der Waals surface area contributed by atoms with Gasteiger partial charge in [0, 0.05) is 28.4 Å². The summed E-state index contributed by atoms with van der Waals surface area (Å²) in [5, 5.41) is 2.89. The first kappa shape index (κ1) is 19.8. The van der Waals surface area contributed by atoms with Gasteiger partial charge in [0.2, 0.25) is 5.91 Å². The Hall–Kier alpha value is -0.230. The third-order valence-corrected chi connectivity index (χ3v) is 4.18. The summed E-state index contributed by atoms with van der Waals surface area (Å²) in [5.41, 5.74) is 5.62. The summed E-state index contributed by atoms with van der Waals surface area (Å²) >= 11 is 5.19. The van der Waals surface area contributed by atoms with Crippen LogP contribution in [-0.2, 0) is 4.79 Å². The molecule has 0 aliphatic rings. The fraction of sp³-hybridized carbons (Fsp3) is 0.500. The second kappa shape index (κ2) is 11.4. The number of hydrogen-bond donors (Lipinski definition) is 2. The van der Waals surface area contributed by atoms with Gasteiger partial charge in [0.15, 0.2) is 0 Å². The number of thioether (sulfide) groups is 1. The number of halogens is 2. The molecule has 1 aromatic carbocycles. The van der Waals surface area contributed by atoms with E-state index in [4.69, 9.17) is 5.73 Å². The minimum atomic E-state index is 0. The normalized spacial score (nSPS) is 11.6. The number of hydrogen-bond acceptors (Lipinski definition) is 3. The molecule has 6 heteroatoms. The summed E-state index contributed by atoms with van der Waals surface area (Å²) in [6, 6.07) is 8.37. The van der Waals surface area contributed by atoms with E-state index in [0.29, 0.717) is 13.0 Å². The van der Waals surface area contributed by atoms with Crippen LogP contribution < -0.4 is 11.1 Å². The van der Waals surface area contributed by atoms with Crippen LogP contribution in [0.3, 0.4) is 0 Å². The number of nitrogens with one attached hydrogen (secondary N) is 1. The van der Waals surface area contributed by atoms with E-state index in [-0.39, 0.29) is 24.4 Å². The monoisotopic (exact) mass is 380 g/mol. The van der Waals surface area contributed by atoms with Crippen LogP contribution in [0.1, 0.15) is 26.2 Å². The Morgan fingerprint density at radius 3 is 2.65 bits per heavy atom. The predicted octanol–water partition coefficient (Wildman–Crippen LogP) is 3.60. The molecule has 3 N–H and O–H groups in total. The molecule has 1 unspecified atom stereocenters. The summed E-state index contributed by atoms with van der Waals surface area (Å²) in [4.78, 5) is 12.7. The third-order valence-electron chi connectivity index (χ3n) is 2.55. The van der Waals surface area contributed by atoms with Crippen LogP contribution in [0, 0.1) is 0 Å². The van der Waals surface area contributed by atoms with Crippen molar-refractivity contribution in [3.05, 3.63) is 28.7 Å². The van der Waals surface area contributed by atoms with E-state index in [1.54, 1.807) is 11.8 Å². The fourth-order valence-corrected chi connectivity index (χ4v) is 2.60. The van der Waals surface area contributed by atoms with Gasteiger partial charge in [-0.3, -0.25) is 4.79 Å². The van der Waals surface area contributed by atoms with Crippen molar-refractivity contribution in [3.8, 4) is 0 Å². The van der Waals surface area contributed by atoms with Gasteiger partial charge in [-0.2, -0.15) is 0 Å². The van der Waals surface area contributed by atoms with Gasteiger partial charge < -0.3 is 11.1 Å². The van der Waals surface area contributed by atoms with Crippen molar-refractivity contribution >= 4 is 46.0 Å². The van der Waals surface area contributed by atoms with E-state index in [1.807, 2.05) is 19.1 Å². The molecule has 0 bridgehead atoms. The van der Waals surface area contributed by atoms with Crippen molar-refractivity contribution in [1.29, 1.82) is 0 Å². The zero-order chi connectivity index (χ0) is 14.1. The second-order valence-corrected chi connectivity index (χ2v) is 6.61. The SMILES string of the molecule is CC(N)CCNC(=O)CCCSc1ccc(Br)cc1.Cl. The van der Waals surface area contributed by atoms with Crippen LogP contribution in [0.5, 0.6) is 0 Å². The molecule has 1 rings (SSSR count). The minimum Gasteiger partial charge on any atom is -0.356 e. The number of amides is 1. The average Bonchev–Trinajstić information content (AvgIpc) is 2.36. The molecule has 1 atom stereocenters. The standard InChI is InChI=1S/C14H21BrN2OS.ClH/c1-11(16)8-9-17-14(18)3-2-10-19-13-6-4-12(15)5-7-13;/h4-7,11H,2-3,8-10,16H2,1H3,(H,17,18);1H. The number of carbonyl (C=O) groups is 1. The smallest absolute Gasteiger partial charge is 0.220 e. The Bertz CT molecular complexity index is 387. The topological polar surface area (TPSA) is 55.1 Å². The number of nitrogens with two attached hydrogens (primary N) is 1. The molecule has 0 aliphatic heterocycles. The second-order valence-electron chi connectivity index (χ2n) is 4.52. The quantitative estimate of drug-likeness (QED) is 0.534. The fourth-order valence-electron chi connectivity index (χ4n) is 1.48. The Morgan fingerprint density at radius 1 is 1.40 bits per heavy atom. The first-order valence-electron chi connectivity index (χ1n) is 6.48. The molecule has 0 saturated carbocycles. The molecule has 20 heavy (non-hydrogen) atoms. The molecule has 0 heterocycles. The maximum Gasteiger partial charge on any atom is 0.220 e. The van der Waals surface area contributed by atoms with Crippen molar-refractivity contribution in [2.45, 2.75) is 37.1 Å². The Labute approximate surface area is 140 Å². The molecule has 1 aromatic rings. The van der Waals surface area contributed by atoms with Gasteiger partial charge in [0.25, 0.3) is 0 Å². The van der Waals surface area contributed by atoms with Crippen molar-refractivity contribution < 1.29 is 4.79 Å².